The smallest absolute Gasteiger partial charge is 0.272 e. The molecule has 0 saturated carbocycles. The minimum absolute atomic E-state index is 0. The number of fused-ring (bicyclic) bond motifs is 1. The summed E-state index contributed by atoms with van der Waals surface area (Å²) in [7, 11) is 0. The Labute approximate surface area is 160 Å². The van der Waals surface area contributed by atoms with E-state index in [-0.39, 0.29) is 19.0 Å². The van der Waals surface area contributed by atoms with Crippen molar-refractivity contribution >= 4 is 53.1 Å². The zero-order valence-corrected chi connectivity index (χ0v) is 15.3. The molecule has 0 atom stereocenters. The highest BCUT2D eigenvalue weighted by Crippen LogP contribution is 2.25. The Balaban J connectivity index is 0.00000225. The molecule has 3 rings (SSSR count). The second kappa shape index (κ2) is 8.53. The third kappa shape index (κ3) is 4.64. The van der Waals surface area contributed by atoms with Crippen molar-refractivity contribution in [3.8, 4) is 0 Å². The zero-order chi connectivity index (χ0) is 17.1. The van der Waals surface area contributed by atoms with Gasteiger partial charge in [0.25, 0.3) is 5.91 Å². The molecule has 10 heteroatoms. The lowest BCUT2D eigenvalue weighted by molar-refractivity contribution is -0.115. The summed E-state index contributed by atoms with van der Waals surface area (Å²) in [6.45, 7) is 1.23. The van der Waals surface area contributed by atoms with Crippen molar-refractivity contribution in [1.82, 2.24) is 20.8 Å². The van der Waals surface area contributed by atoms with Crippen LogP contribution in [0.4, 0.5) is 5.69 Å². The zero-order valence-electron chi connectivity index (χ0n) is 13.0. The number of rotatable bonds is 4. The Kier molecular flexibility index (Phi) is 6.66. The summed E-state index contributed by atoms with van der Waals surface area (Å²) < 4.78 is 0. The first-order chi connectivity index (χ1) is 11.5. The molecule has 4 N–H and O–H groups in total. The van der Waals surface area contributed by atoms with Gasteiger partial charge >= 0.3 is 0 Å². The third-order valence-electron chi connectivity index (χ3n) is 3.63. The molecule has 1 aromatic heterocycles. The fourth-order valence-electron chi connectivity index (χ4n) is 2.45. The van der Waals surface area contributed by atoms with Crippen LogP contribution < -0.4 is 16.0 Å². The van der Waals surface area contributed by atoms with Crippen LogP contribution in [0.25, 0.3) is 0 Å². The summed E-state index contributed by atoms with van der Waals surface area (Å²) in [4.78, 5) is 24.2. The number of hydrogen-bond acceptors (Lipinski definition) is 4. The van der Waals surface area contributed by atoms with Crippen molar-refractivity contribution in [3.63, 3.8) is 0 Å². The van der Waals surface area contributed by atoms with E-state index in [9.17, 15) is 9.59 Å². The Morgan fingerprint density at radius 2 is 2.08 bits per heavy atom. The molecule has 134 valence electrons. The summed E-state index contributed by atoms with van der Waals surface area (Å²) in [5.74, 6) is -0.807. The number of anilines is 1. The van der Waals surface area contributed by atoms with E-state index >= 15 is 0 Å². The number of aromatic nitrogens is 2. The van der Waals surface area contributed by atoms with E-state index in [1.54, 1.807) is 18.2 Å². The molecule has 7 nitrogen and oxygen atoms in total. The molecule has 1 aliphatic heterocycles. The SMILES string of the molecule is Cl.O=C(CNC(=O)c1n[nH]c2c1CNCC2)Nc1cc(Cl)ccc1Cl. The van der Waals surface area contributed by atoms with Crippen molar-refractivity contribution in [2.75, 3.05) is 18.4 Å². The molecule has 2 amide bonds. The Bertz CT molecular complexity index is 793. The summed E-state index contributed by atoms with van der Waals surface area (Å²) in [5.41, 5.74) is 2.50. The van der Waals surface area contributed by atoms with E-state index in [0.717, 1.165) is 24.2 Å². The number of halogens is 3. The van der Waals surface area contributed by atoms with Gasteiger partial charge in [0.1, 0.15) is 0 Å². The highest BCUT2D eigenvalue weighted by Gasteiger charge is 2.21. The van der Waals surface area contributed by atoms with Gasteiger partial charge in [0.2, 0.25) is 5.91 Å². The molecule has 2 aromatic rings. The minimum Gasteiger partial charge on any atom is -0.342 e. The number of nitrogens with zero attached hydrogens (tertiary/aromatic N) is 1. The van der Waals surface area contributed by atoms with E-state index in [1.807, 2.05) is 0 Å². The molecule has 2 heterocycles. The Morgan fingerprint density at radius 3 is 2.88 bits per heavy atom. The van der Waals surface area contributed by atoms with Crippen LogP contribution in [-0.4, -0.2) is 35.1 Å². The van der Waals surface area contributed by atoms with Crippen LogP contribution in [0.2, 0.25) is 10.0 Å². The fourth-order valence-corrected chi connectivity index (χ4v) is 2.78. The number of aromatic amines is 1. The first-order valence-electron chi connectivity index (χ1n) is 7.34. The average Bonchev–Trinajstić information content (AvgIpc) is 3.00. The first kappa shape index (κ1) is 19.5. The van der Waals surface area contributed by atoms with Gasteiger partial charge in [-0.05, 0) is 18.2 Å². The number of carbonyl (C=O) groups excluding carboxylic acids is 2. The molecular formula is C15H16Cl3N5O2. The van der Waals surface area contributed by atoms with Gasteiger partial charge in [-0.1, -0.05) is 23.2 Å². The van der Waals surface area contributed by atoms with E-state index in [1.165, 1.54) is 0 Å². The lowest BCUT2D eigenvalue weighted by Gasteiger charge is -2.13. The summed E-state index contributed by atoms with van der Waals surface area (Å²) >= 11 is 11.8. The Hall–Kier alpha value is -1.80. The topological polar surface area (TPSA) is 98.9 Å². The molecule has 0 saturated heterocycles. The third-order valence-corrected chi connectivity index (χ3v) is 4.20. The van der Waals surface area contributed by atoms with Gasteiger partial charge in [-0.15, -0.1) is 12.4 Å². The van der Waals surface area contributed by atoms with E-state index in [2.05, 4.69) is 26.1 Å². The van der Waals surface area contributed by atoms with Crippen molar-refractivity contribution < 1.29 is 9.59 Å². The van der Waals surface area contributed by atoms with Crippen LogP contribution >= 0.6 is 35.6 Å². The van der Waals surface area contributed by atoms with Gasteiger partial charge in [-0.2, -0.15) is 5.10 Å². The molecule has 25 heavy (non-hydrogen) atoms. The highest BCUT2D eigenvalue weighted by atomic mass is 35.5. The van der Waals surface area contributed by atoms with Crippen LogP contribution in [0, 0.1) is 0 Å². The summed E-state index contributed by atoms with van der Waals surface area (Å²) in [5, 5.41) is 16.1. The molecule has 0 bridgehead atoms. The number of H-pyrrole nitrogens is 1. The Morgan fingerprint density at radius 1 is 1.28 bits per heavy atom. The number of nitrogens with one attached hydrogen (secondary N) is 4. The van der Waals surface area contributed by atoms with Crippen LogP contribution in [0.5, 0.6) is 0 Å². The molecule has 0 unspecified atom stereocenters. The van der Waals surface area contributed by atoms with Gasteiger partial charge in [-0.3, -0.25) is 14.7 Å². The molecule has 0 fully saturated rings. The first-order valence-corrected chi connectivity index (χ1v) is 8.10. The van der Waals surface area contributed by atoms with Crippen LogP contribution in [0.3, 0.4) is 0 Å². The average molecular weight is 405 g/mol. The predicted octanol–water partition coefficient (Wildman–Crippen LogP) is 2.15. The van der Waals surface area contributed by atoms with Gasteiger partial charge in [0.05, 0.1) is 17.3 Å². The fraction of sp³-hybridized carbons (Fsp3) is 0.267. The van der Waals surface area contributed by atoms with Gasteiger partial charge in [0.15, 0.2) is 5.69 Å². The molecule has 0 radical (unpaired) electrons. The van der Waals surface area contributed by atoms with E-state index in [0.29, 0.717) is 28.0 Å². The molecular weight excluding hydrogens is 389 g/mol. The second-order valence-corrected chi connectivity index (χ2v) is 6.15. The quantitative estimate of drug-likeness (QED) is 0.627. The van der Waals surface area contributed by atoms with Gasteiger partial charge in [-0.25, -0.2) is 0 Å². The molecule has 1 aliphatic rings. The maximum Gasteiger partial charge on any atom is 0.272 e. The lowest BCUT2D eigenvalue weighted by atomic mass is 10.1. The molecule has 0 spiro atoms. The highest BCUT2D eigenvalue weighted by molar-refractivity contribution is 6.35. The van der Waals surface area contributed by atoms with Crippen LogP contribution in [0.1, 0.15) is 21.7 Å². The normalized spacial score (nSPS) is 12.7. The number of amides is 2. The van der Waals surface area contributed by atoms with Gasteiger partial charge < -0.3 is 16.0 Å². The van der Waals surface area contributed by atoms with Crippen LogP contribution in [0.15, 0.2) is 18.2 Å². The number of hydrogen-bond donors (Lipinski definition) is 4. The van der Waals surface area contributed by atoms with Crippen molar-refractivity contribution in [2.24, 2.45) is 0 Å². The maximum atomic E-state index is 12.2. The maximum absolute atomic E-state index is 12.2. The lowest BCUT2D eigenvalue weighted by Crippen LogP contribution is -2.34. The van der Waals surface area contributed by atoms with E-state index in [4.69, 9.17) is 23.2 Å². The van der Waals surface area contributed by atoms with E-state index < -0.39 is 11.8 Å². The molecule has 1 aromatic carbocycles. The van der Waals surface area contributed by atoms with Crippen LogP contribution in [-0.2, 0) is 17.8 Å². The van der Waals surface area contributed by atoms with Crippen molar-refractivity contribution in [1.29, 1.82) is 0 Å². The summed E-state index contributed by atoms with van der Waals surface area (Å²) in [6.07, 6.45) is 0.795. The van der Waals surface area contributed by atoms with Crippen molar-refractivity contribution in [3.05, 3.63) is 45.2 Å². The van der Waals surface area contributed by atoms with Crippen molar-refractivity contribution in [2.45, 2.75) is 13.0 Å². The molecule has 0 aliphatic carbocycles. The largest absolute Gasteiger partial charge is 0.342 e. The minimum atomic E-state index is -0.407. The monoisotopic (exact) mass is 403 g/mol. The number of benzene rings is 1. The standard InChI is InChI=1S/C15H15Cl2N5O2.ClH/c16-8-1-2-10(17)12(5-8)20-13(23)7-19-15(24)14-9-6-18-4-3-11(9)21-22-14;/h1-2,5,18H,3-4,6-7H2,(H,19,24)(H,20,23)(H,21,22);1H. The second-order valence-electron chi connectivity index (χ2n) is 5.31. The predicted molar refractivity (Wildman–Crippen MR) is 98.7 cm³/mol. The number of carbonyl (C=O) groups is 2. The van der Waals surface area contributed by atoms with Gasteiger partial charge in [0, 0.05) is 35.8 Å². The summed E-state index contributed by atoms with van der Waals surface area (Å²) in [6, 6.07) is 4.75.